The SMILES string of the molecule is CC(C)OCCN(C)C(=O)c1ccc([N+](=O)[O-])c(O)c1. The Kier molecular flexibility index (Phi) is 5.45. The third-order valence-corrected chi connectivity index (χ3v) is 2.64. The van der Waals surface area contributed by atoms with Crippen molar-refractivity contribution in [2.75, 3.05) is 20.2 Å². The van der Waals surface area contributed by atoms with Crippen LogP contribution in [0.4, 0.5) is 5.69 Å². The maximum atomic E-state index is 12.0. The highest BCUT2D eigenvalue weighted by Gasteiger charge is 2.18. The molecule has 0 saturated carbocycles. The molecule has 0 heterocycles. The molecule has 0 saturated heterocycles. The van der Waals surface area contributed by atoms with Crippen molar-refractivity contribution >= 4 is 11.6 Å². The fourth-order valence-corrected chi connectivity index (χ4v) is 1.56. The normalized spacial score (nSPS) is 10.6. The zero-order valence-electron chi connectivity index (χ0n) is 11.7. The van der Waals surface area contributed by atoms with Crippen molar-refractivity contribution in [1.82, 2.24) is 4.90 Å². The lowest BCUT2D eigenvalue weighted by molar-refractivity contribution is -0.385. The van der Waals surface area contributed by atoms with E-state index in [1.807, 2.05) is 13.8 Å². The number of phenols is 1. The average Bonchev–Trinajstić information content (AvgIpc) is 2.36. The van der Waals surface area contributed by atoms with E-state index < -0.39 is 16.4 Å². The van der Waals surface area contributed by atoms with Crippen LogP contribution in [0.15, 0.2) is 18.2 Å². The highest BCUT2D eigenvalue weighted by molar-refractivity contribution is 5.94. The van der Waals surface area contributed by atoms with Crippen LogP contribution in [0, 0.1) is 10.1 Å². The van der Waals surface area contributed by atoms with Crippen molar-refractivity contribution in [3.05, 3.63) is 33.9 Å². The van der Waals surface area contributed by atoms with Gasteiger partial charge in [-0.15, -0.1) is 0 Å². The fourth-order valence-electron chi connectivity index (χ4n) is 1.56. The van der Waals surface area contributed by atoms with E-state index >= 15 is 0 Å². The minimum atomic E-state index is -0.705. The zero-order chi connectivity index (χ0) is 15.3. The molecule has 0 aliphatic carbocycles. The predicted molar refractivity (Wildman–Crippen MR) is 72.8 cm³/mol. The number of ether oxygens (including phenoxy) is 1. The molecule has 1 rings (SSSR count). The first-order chi connectivity index (χ1) is 9.32. The summed E-state index contributed by atoms with van der Waals surface area (Å²) in [6, 6.07) is 3.53. The van der Waals surface area contributed by atoms with Gasteiger partial charge in [-0.1, -0.05) is 0 Å². The highest BCUT2D eigenvalue weighted by Crippen LogP contribution is 2.26. The average molecular weight is 282 g/mol. The summed E-state index contributed by atoms with van der Waals surface area (Å²) in [5, 5.41) is 20.1. The predicted octanol–water partition coefficient (Wildman–Crippen LogP) is 1.80. The summed E-state index contributed by atoms with van der Waals surface area (Å²) in [6.07, 6.45) is 0.0851. The second-order valence-electron chi connectivity index (χ2n) is 4.61. The number of nitro groups is 1. The van der Waals surface area contributed by atoms with Crippen LogP contribution in [0.5, 0.6) is 5.75 Å². The highest BCUT2D eigenvalue weighted by atomic mass is 16.6. The number of carbonyl (C=O) groups excluding carboxylic acids is 1. The molecule has 0 unspecified atom stereocenters. The summed E-state index contributed by atoms with van der Waals surface area (Å²) >= 11 is 0. The molecule has 1 aromatic carbocycles. The van der Waals surface area contributed by atoms with E-state index in [2.05, 4.69) is 0 Å². The number of rotatable bonds is 6. The van der Waals surface area contributed by atoms with Crippen molar-refractivity contribution in [2.45, 2.75) is 20.0 Å². The van der Waals surface area contributed by atoms with E-state index in [0.29, 0.717) is 13.2 Å². The van der Waals surface area contributed by atoms with E-state index in [-0.39, 0.29) is 17.6 Å². The first kappa shape index (κ1) is 15.9. The molecule has 1 aromatic rings. The molecule has 0 aromatic heterocycles. The largest absolute Gasteiger partial charge is 0.502 e. The van der Waals surface area contributed by atoms with Gasteiger partial charge in [0.05, 0.1) is 17.6 Å². The standard InChI is InChI=1S/C13H18N2O5/c1-9(2)20-7-6-14(3)13(17)10-4-5-11(15(18)19)12(16)8-10/h4-5,8-9,16H,6-7H2,1-3H3. The van der Waals surface area contributed by atoms with Crippen molar-refractivity contribution in [2.24, 2.45) is 0 Å². The zero-order valence-corrected chi connectivity index (χ0v) is 11.7. The molecule has 20 heavy (non-hydrogen) atoms. The summed E-state index contributed by atoms with van der Waals surface area (Å²) < 4.78 is 5.34. The van der Waals surface area contributed by atoms with Gasteiger partial charge in [-0.25, -0.2) is 0 Å². The Morgan fingerprint density at radius 3 is 2.65 bits per heavy atom. The lowest BCUT2D eigenvalue weighted by Crippen LogP contribution is -2.30. The molecule has 0 aliphatic rings. The Morgan fingerprint density at radius 1 is 1.50 bits per heavy atom. The molecule has 110 valence electrons. The van der Waals surface area contributed by atoms with Gasteiger partial charge in [0.25, 0.3) is 5.91 Å². The van der Waals surface area contributed by atoms with Crippen LogP contribution < -0.4 is 0 Å². The molecule has 0 spiro atoms. The molecular weight excluding hydrogens is 264 g/mol. The number of likely N-dealkylation sites (N-methyl/N-ethyl adjacent to an activating group) is 1. The smallest absolute Gasteiger partial charge is 0.310 e. The van der Waals surface area contributed by atoms with Gasteiger partial charge >= 0.3 is 5.69 Å². The van der Waals surface area contributed by atoms with E-state index in [4.69, 9.17) is 4.74 Å². The summed E-state index contributed by atoms with van der Waals surface area (Å²) in [7, 11) is 1.60. The molecule has 0 radical (unpaired) electrons. The topological polar surface area (TPSA) is 92.9 Å². The summed E-state index contributed by atoms with van der Waals surface area (Å²) in [4.78, 5) is 23.3. The maximum Gasteiger partial charge on any atom is 0.310 e. The molecule has 7 heteroatoms. The number of nitrogens with zero attached hydrogens (tertiary/aromatic N) is 2. The van der Waals surface area contributed by atoms with E-state index in [1.54, 1.807) is 7.05 Å². The number of benzene rings is 1. The Labute approximate surface area is 116 Å². The summed E-state index contributed by atoms with van der Waals surface area (Å²) in [5.41, 5.74) is -0.229. The van der Waals surface area contributed by atoms with Gasteiger partial charge < -0.3 is 14.7 Å². The van der Waals surface area contributed by atoms with E-state index in [0.717, 1.165) is 12.1 Å². The number of carbonyl (C=O) groups is 1. The van der Waals surface area contributed by atoms with Gasteiger partial charge in [-0.05, 0) is 26.0 Å². The van der Waals surface area contributed by atoms with Crippen molar-refractivity contribution < 1.29 is 19.6 Å². The molecule has 1 amide bonds. The van der Waals surface area contributed by atoms with E-state index in [9.17, 15) is 20.0 Å². The van der Waals surface area contributed by atoms with Crippen LogP contribution in [0.25, 0.3) is 0 Å². The van der Waals surface area contributed by atoms with Crippen LogP contribution in [-0.4, -0.2) is 47.1 Å². The van der Waals surface area contributed by atoms with Crippen LogP contribution in [-0.2, 0) is 4.74 Å². The fraction of sp³-hybridized carbons (Fsp3) is 0.462. The third kappa shape index (κ3) is 4.20. The quantitative estimate of drug-likeness (QED) is 0.634. The van der Waals surface area contributed by atoms with Gasteiger partial charge in [-0.2, -0.15) is 0 Å². The van der Waals surface area contributed by atoms with Gasteiger partial charge in [0.1, 0.15) is 0 Å². The van der Waals surface area contributed by atoms with Gasteiger partial charge in [0, 0.05) is 25.2 Å². The van der Waals surface area contributed by atoms with Crippen molar-refractivity contribution in [3.63, 3.8) is 0 Å². The number of amides is 1. The van der Waals surface area contributed by atoms with Crippen molar-refractivity contribution in [1.29, 1.82) is 0 Å². The lowest BCUT2D eigenvalue weighted by Gasteiger charge is -2.18. The van der Waals surface area contributed by atoms with Gasteiger partial charge in [0.15, 0.2) is 5.75 Å². The number of hydrogen-bond donors (Lipinski definition) is 1. The van der Waals surface area contributed by atoms with Crippen LogP contribution >= 0.6 is 0 Å². The van der Waals surface area contributed by atoms with Crippen LogP contribution in [0.1, 0.15) is 24.2 Å². The minimum Gasteiger partial charge on any atom is -0.502 e. The molecule has 0 atom stereocenters. The molecule has 0 bridgehead atoms. The maximum absolute atomic E-state index is 12.0. The lowest BCUT2D eigenvalue weighted by atomic mass is 10.1. The second-order valence-corrected chi connectivity index (χ2v) is 4.61. The molecule has 1 N–H and O–H groups in total. The summed E-state index contributed by atoms with van der Waals surface area (Å²) in [5.74, 6) is -0.852. The molecule has 0 aliphatic heterocycles. The Bertz CT molecular complexity index is 502. The number of hydrogen-bond acceptors (Lipinski definition) is 5. The Balaban J connectivity index is 2.72. The Hall–Kier alpha value is -2.15. The first-order valence-electron chi connectivity index (χ1n) is 6.17. The van der Waals surface area contributed by atoms with Gasteiger partial charge in [0.2, 0.25) is 0 Å². The third-order valence-electron chi connectivity index (χ3n) is 2.64. The minimum absolute atomic E-state index is 0.0851. The first-order valence-corrected chi connectivity index (χ1v) is 6.17. The monoisotopic (exact) mass is 282 g/mol. The summed E-state index contributed by atoms with van der Waals surface area (Å²) in [6.45, 7) is 4.60. The number of nitro benzene ring substituents is 1. The number of aromatic hydroxyl groups is 1. The molecular formula is C13H18N2O5. The van der Waals surface area contributed by atoms with E-state index in [1.165, 1.54) is 11.0 Å². The molecule has 7 nitrogen and oxygen atoms in total. The Morgan fingerprint density at radius 2 is 2.15 bits per heavy atom. The van der Waals surface area contributed by atoms with Crippen LogP contribution in [0.2, 0.25) is 0 Å². The second kappa shape index (κ2) is 6.85. The van der Waals surface area contributed by atoms with Gasteiger partial charge in [-0.3, -0.25) is 14.9 Å². The van der Waals surface area contributed by atoms with Crippen LogP contribution in [0.3, 0.4) is 0 Å². The van der Waals surface area contributed by atoms with Crippen molar-refractivity contribution in [3.8, 4) is 5.75 Å². The molecule has 0 fully saturated rings. The number of phenolic OH excluding ortho intramolecular Hbond substituents is 1.